The summed E-state index contributed by atoms with van der Waals surface area (Å²) in [5.74, 6) is -0.185. The minimum atomic E-state index is -0.409. The van der Waals surface area contributed by atoms with Crippen LogP contribution in [-0.4, -0.2) is 67.9 Å². The van der Waals surface area contributed by atoms with Gasteiger partial charge >= 0.3 is 12.1 Å². The third-order valence-electron chi connectivity index (χ3n) is 7.83. The summed E-state index contributed by atoms with van der Waals surface area (Å²) in [6.07, 6.45) is 8.12. The number of hydrogen-bond acceptors (Lipinski definition) is 7. The maximum atomic E-state index is 12.6. The molecule has 1 N–H and O–H groups in total. The van der Waals surface area contributed by atoms with Gasteiger partial charge in [-0.05, 0) is 52.4 Å². The van der Waals surface area contributed by atoms with Crippen LogP contribution in [0.5, 0.6) is 0 Å². The molecule has 0 bridgehead atoms. The lowest BCUT2D eigenvalue weighted by molar-refractivity contribution is -0.143. The molecule has 1 spiro atoms. The highest BCUT2D eigenvalue weighted by atomic mass is 16.6. The molecule has 0 aromatic heterocycles. The first-order chi connectivity index (χ1) is 15.4. The van der Waals surface area contributed by atoms with E-state index in [0.717, 1.165) is 51.4 Å². The Labute approximate surface area is 191 Å². The highest BCUT2D eigenvalue weighted by Crippen LogP contribution is 2.59. The molecule has 4 fully saturated rings. The Kier molecular flexibility index (Phi) is 7.32. The van der Waals surface area contributed by atoms with Crippen LogP contribution in [-0.2, 0) is 28.5 Å². The van der Waals surface area contributed by atoms with Crippen LogP contribution in [0, 0.1) is 5.92 Å². The molecule has 8 nitrogen and oxygen atoms in total. The van der Waals surface area contributed by atoms with Crippen LogP contribution < -0.4 is 5.32 Å². The minimum Gasteiger partial charge on any atom is -0.466 e. The van der Waals surface area contributed by atoms with Gasteiger partial charge in [0.05, 0.1) is 25.2 Å². The third-order valence-corrected chi connectivity index (χ3v) is 7.83. The number of epoxide rings is 2. The Morgan fingerprint density at radius 2 is 1.91 bits per heavy atom. The maximum Gasteiger partial charge on any atom is 0.407 e. The lowest BCUT2D eigenvalue weighted by atomic mass is 9.68. The number of esters is 1. The van der Waals surface area contributed by atoms with Gasteiger partial charge in [0.1, 0.15) is 23.4 Å². The van der Waals surface area contributed by atoms with Crippen molar-refractivity contribution in [3.63, 3.8) is 0 Å². The van der Waals surface area contributed by atoms with Gasteiger partial charge in [-0.25, -0.2) is 4.79 Å². The van der Waals surface area contributed by atoms with Crippen LogP contribution in [0.4, 0.5) is 4.79 Å². The summed E-state index contributed by atoms with van der Waals surface area (Å²) in [4.78, 5) is 24.3. The number of carbonyl (C=O) groups excluding carboxylic acids is 2. The smallest absolute Gasteiger partial charge is 0.407 e. The van der Waals surface area contributed by atoms with E-state index < -0.39 is 5.60 Å². The van der Waals surface area contributed by atoms with Crippen molar-refractivity contribution in [3.05, 3.63) is 0 Å². The fourth-order valence-electron chi connectivity index (χ4n) is 6.04. The van der Waals surface area contributed by atoms with Crippen molar-refractivity contribution in [3.8, 4) is 0 Å². The molecule has 4 aliphatic rings. The average molecular weight is 454 g/mol. The molecule has 8 heteroatoms. The van der Waals surface area contributed by atoms with Crippen molar-refractivity contribution in [2.24, 2.45) is 5.92 Å². The topological polar surface area (TPSA) is 98.9 Å². The molecular weight excluding hydrogens is 414 g/mol. The van der Waals surface area contributed by atoms with Gasteiger partial charge in [0.15, 0.2) is 0 Å². The first-order valence-electron chi connectivity index (χ1n) is 12.4. The van der Waals surface area contributed by atoms with Crippen LogP contribution in [0.3, 0.4) is 0 Å². The molecule has 0 aromatic carbocycles. The molecule has 1 amide bonds. The molecule has 2 aliphatic carbocycles. The van der Waals surface area contributed by atoms with E-state index in [1.165, 1.54) is 6.42 Å². The zero-order chi connectivity index (χ0) is 22.8. The fourth-order valence-corrected chi connectivity index (χ4v) is 6.04. The molecular formula is C24H39NO7. The van der Waals surface area contributed by atoms with Gasteiger partial charge in [-0.1, -0.05) is 19.3 Å². The maximum absolute atomic E-state index is 12.6. The highest BCUT2D eigenvalue weighted by Gasteiger charge is 2.72. The molecule has 0 radical (unpaired) electrons. The van der Waals surface area contributed by atoms with E-state index in [1.807, 2.05) is 6.92 Å². The number of carbonyl (C=O) groups is 2. The van der Waals surface area contributed by atoms with E-state index in [1.54, 1.807) is 7.11 Å². The van der Waals surface area contributed by atoms with Crippen molar-refractivity contribution in [1.29, 1.82) is 0 Å². The monoisotopic (exact) mass is 453 g/mol. The standard InChI is InChI=1S/C24H39NO7/c1-4-29-19(26)12-8-11-18-23(2,32-18)21-20(28-3)17(13-14-24(21)15-30-24)31-22(27)25-16-9-6-5-7-10-16/h16-18,20-21H,4-15H2,1-3H3,(H,25,27). The van der Waals surface area contributed by atoms with Gasteiger partial charge in [0, 0.05) is 19.6 Å². The lowest BCUT2D eigenvalue weighted by Gasteiger charge is -2.42. The van der Waals surface area contributed by atoms with Crippen molar-refractivity contribution in [2.45, 2.75) is 114 Å². The Hall–Kier alpha value is -1.38. The highest BCUT2D eigenvalue weighted by molar-refractivity contribution is 5.69. The van der Waals surface area contributed by atoms with E-state index >= 15 is 0 Å². The summed E-state index contributed by atoms with van der Waals surface area (Å²) < 4.78 is 29.0. The van der Waals surface area contributed by atoms with Gasteiger partial charge in [0.25, 0.3) is 0 Å². The molecule has 6 atom stereocenters. The largest absolute Gasteiger partial charge is 0.466 e. The Morgan fingerprint density at radius 3 is 2.56 bits per heavy atom. The summed E-state index contributed by atoms with van der Waals surface area (Å²) in [6, 6.07) is 0.211. The summed E-state index contributed by atoms with van der Waals surface area (Å²) in [7, 11) is 1.68. The summed E-state index contributed by atoms with van der Waals surface area (Å²) in [5, 5.41) is 3.05. The summed E-state index contributed by atoms with van der Waals surface area (Å²) in [5.41, 5.74) is -0.668. The van der Waals surface area contributed by atoms with E-state index in [9.17, 15) is 9.59 Å². The fraction of sp³-hybridized carbons (Fsp3) is 0.917. The van der Waals surface area contributed by atoms with Crippen LogP contribution in [0.1, 0.15) is 78.1 Å². The molecule has 4 rings (SSSR count). The predicted molar refractivity (Wildman–Crippen MR) is 116 cm³/mol. The Balaban J connectivity index is 1.35. The normalized spacial score (nSPS) is 38.8. The number of ether oxygens (including phenoxy) is 5. The zero-order valence-electron chi connectivity index (χ0n) is 19.7. The van der Waals surface area contributed by atoms with Crippen molar-refractivity contribution < 1.29 is 33.3 Å². The number of nitrogens with one attached hydrogen (secondary N) is 1. The van der Waals surface area contributed by atoms with Gasteiger partial charge in [-0.3, -0.25) is 4.79 Å². The molecule has 2 aliphatic heterocycles. The van der Waals surface area contributed by atoms with Crippen LogP contribution >= 0.6 is 0 Å². The summed E-state index contributed by atoms with van der Waals surface area (Å²) in [6.45, 7) is 5.01. The molecule has 2 heterocycles. The molecule has 0 aromatic rings. The van der Waals surface area contributed by atoms with Crippen molar-refractivity contribution in [2.75, 3.05) is 20.3 Å². The lowest BCUT2D eigenvalue weighted by Crippen LogP contribution is -2.56. The molecule has 2 saturated heterocycles. The van der Waals surface area contributed by atoms with Crippen molar-refractivity contribution in [1.82, 2.24) is 5.32 Å². The second kappa shape index (κ2) is 9.85. The van der Waals surface area contributed by atoms with Gasteiger partial charge in [-0.2, -0.15) is 0 Å². The number of rotatable bonds is 9. The van der Waals surface area contributed by atoms with Crippen LogP contribution in [0.2, 0.25) is 0 Å². The second-order valence-electron chi connectivity index (χ2n) is 9.98. The average Bonchev–Trinajstić information content (AvgIpc) is 3.68. The van der Waals surface area contributed by atoms with E-state index in [0.29, 0.717) is 19.6 Å². The first-order valence-corrected chi connectivity index (χ1v) is 12.4. The van der Waals surface area contributed by atoms with Crippen LogP contribution in [0.25, 0.3) is 0 Å². The predicted octanol–water partition coefficient (Wildman–Crippen LogP) is 3.50. The quantitative estimate of drug-likeness (QED) is 0.421. The molecule has 2 saturated carbocycles. The van der Waals surface area contributed by atoms with Crippen LogP contribution in [0.15, 0.2) is 0 Å². The molecule has 182 valence electrons. The SMILES string of the molecule is CCOC(=O)CCCC1OC1(C)C1C(OC)C(OC(=O)NC2CCCCC2)CCC12CO2. The number of alkyl carbamates (subject to hydrolysis) is 1. The number of methoxy groups -OCH3 is 1. The van der Waals surface area contributed by atoms with Gasteiger partial charge in [-0.15, -0.1) is 0 Å². The first kappa shape index (κ1) is 23.8. The van der Waals surface area contributed by atoms with E-state index in [-0.39, 0.29) is 47.9 Å². The zero-order valence-corrected chi connectivity index (χ0v) is 19.7. The Bertz CT molecular complexity index is 675. The van der Waals surface area contributed by atoms with Gasteiger partial charge in [0.2, 0.25) is 0 Å². The molecule has 32 heavy (non-hydrogen) atoms. The summed E-state index contributed by atoms with van der Waals surface area (Å²) >= 11 is 0. The van der Waals surface area contributed by atoms with E-state index in [2.05, 4.69) is 12.2 Å². The van der Waals surface area contributed by atoms with Crippen molar-refractivity contribution >= 4 is 12.1 Å². The number of hydrogen-bond donors (Lipinski definition) is 1. The van der Waals surface area contributed by atoms with Gasteiger partial charge < -0.3 is 29.0 Å². The minimum absolute atomic E-state index is 0.0196. The number of amides is 1. The molecule has 6 unspecified atom stereocenters. The second-order valence-corrected chi connectivity index (χ2v) is 9.98. The van der Waals surface area contributed by atoms with E-state index in [4.69, 9.17) is 23.7 Å². The third kappa shape index (κ3) is 5.07. The Morgan fingerprint density at radius 1 is 1.16 bits per heavy atom.